The number of carboxylic acid groups (broad SMARTS) is 1. The number of ether oxygens (including phenoxy) is 1. The number of carbonyl (C=O) groups excluding carboxylic acids is 6. The summed E-state index contributed by atoms with van der Waals surface area (Å²) < 4.78 is 55.4. The summed E-state index contributed by atoms with van der Waals surface area (Å²) in [6.07, 6.45) is 4.66. The SMILES string of the molecule is CC(=O)c1ccnc(/C=C2/C(=O)N3[C@@H](C(=O)OC(c4ccccc4)c4ccccc4)C(C)(C)S(=O)(=O)[C@H]23)c1.CC(=O)c1ccnc(/C=C2/C(=O)N3[C@@H](C(=O)[O-])C(C)(C)S(=O)(=O)[C@H]23)c1.[Na+]. The van der Waals surface area contributed by atoms with Gasteiger partial charge < -0.3 is 24.4 Å². The minimum absolute atomic E-state index is 0. The van der Waals surface area contributed by atoms with Gasteiger partial charge in [-0.05, 0) is 89.1 Å². The van der Waals surface area contributed by atoms with Crippen LogP contribution in [-0.2, 0) is 43.6 Å². The van der Waals surface area contributed by atoms with Crippen LogP contribution in [0.15, 0.2) is 108 Å². The monoisotopic (exact) mass is 916 g/mol. The maximum Gasteiger partial charge on any atom is 1.00 e. The molecule has 0 bridgehead atoms. The van der Waals surface area contributed by atoms with Gasteiger partial charge in [-0.25, -0.2) is 21.6 Å². The molecule has 0 N–H and O–H groups in total. The average Bonchev–Trinajstić information content (AvgIpc) is 3.49. The number of fused-ring (bicyclic) bond motifs is 2. The molecular weight excluding hydrogens is 876 g/mol. The van der Waals surface area contributed by atoms with E-state index in [2.05, 4.69) is 9.97 Å². The molecule has 19 heteroatoms. The molecule has 0 radical (unpaired) electrons. The summed E-state index contributed by atoms with van der Waals surface area (Å²) in [7, 11) is -7.98. The summed E-state index contributed by atoms with van der Waals surface area (Å²) in [5, 5.41) is 8.73. The van der Waals surface area contributed by atoms with Crippen molar-refractivity contribution in [1.29, 1.82) is 0 Å². The van der Waals surface area contributed by atoms with Gasteiger partial charge >= 0.3 is 35.5 Å². The van der Waals surface area contributed by atoms with E-state index >= 15 is 0 Å². The van der Waals surface area contributed by atoms with E-state index in [0.717, 1.165) is 9.80 Å². The van der Waals surface area contributed by atoms with Crippen molar-refractivity contribution in [2.24, 2.45) is 0 Å². The second-order valence-electron chi connectivity index (χ2n) is 16.4. The third-order valence-corrected chi connectivity index (χ3v) is 17.3. The Balaban J connectivity index is 0.000000227. The zero-order chi connectivity index (χ0) is 46.0. The number of pyridine rings is 2. The molecule has 4 aliphatic heterocycles. The molecule has 4 aromatic rings. The zero-order valence-electron chi connectivity index (χ0n) is 35.8. The van der Waals surface area contributed by atoms with Gasteiger partial charge in [0.15, 0.2) is 54.1 Å². The van der Waals surface area contributed by atoms with E-state index in [-0.39, 0.29) is 63.7 Å². The van der Waals surface area contributed by atoms with Gasteiger partial charge in [-0.3, -0.25) is 29.1 Å². The smallest absolute Gasteiger partial charge is 0.548 e. The molecule has 4 aliphatic rings. The van der Waals surface area contributed by atoms with Crippen LogP contribution in [0.3, 0.4) is 0 Å². The van der Waals surface area contributed by atoms with Crippen molar-refractivity contribution in [1.82, 2.24) is 19.8 Å². The number of nitrogens with zero attached hydrogens (tertiary/aromatic N) is 4. The number of benzene rings is 2. The van der Waals surface area contributed by atoms with Crippen LogP contribution >= 0.6 is 0 Å². The van der Waals surface area contributed by atoms with Crippen molar-refractivity contribution in [3.05, 3.63) is 142 Å². The van der Waals surface area contributed by atoms with Crippen molar-refractivity contribution >= 4 is 67.1 Å². The Labute approximate surface area is 391 Å². The number of hydrogen-bond donors (Lipinski definition) is 0. The normalized spacial score (nSPS) is 24.0. The standard InChI is InChI=1S/C29H26N2O6S.C16H16N2O6S.Na/c1-18(32)21-14-15-30-22(16-21)17-23-26(33)31-25(29(2,3)38(35,36)27(23)31)28(34)37-24(19-10-6-4-7-11-19)20-12-8-5-9-13-20;1-8(19)9-4-5-17-10(6-9)7-11-13(20)18-12(15(21)22)16(2,3)25(23,24)14(11)18;/h4-17,24-25,27H,1-3H3;4-7,12,14H,1-3H3,(H,21,22);/q;;+1/p-1/b23-17-;11-7-;/t25-,27+;12-,14+;/m00./s1. The second kappa shape index (κ2) is 17.4. The number of sulfone groups is 2. The predicted molar refractivity (Wildman–Crippen MR) is 225 cm³/mol. The molecule has 8 rings (SSSR count). The number of aliphatic carboxylic acids is 1. The van der Waals surface area contributed by atoms with E-state index in [4.69, 9.17) is 4.74 Å². The number of amides is 2. The number of carbonyl (C=O) groups is 6. The van der Waals surface area contributed by atoms with Gasteiger partial charge in [0.2, 0.25) is 0 Å². The Hall–Kier alpha value is -5.66. The van der Waals surface area contributed by atoms with Crippen LogP contribution in [-0.4, -0.2) is 104 Å². The molecule has 0 spiro atoms. The number of rotatable bonds is 9. The number of ketones is 2. The van der Waals surface area contributed by atoms with Crippen LogP contribution < -0.4 is 34.7 Å². The van der Waals surface area contributed by atoms with E-state index < -0.39 is 81.9 Å². The number of hydrogen-bond acceptors (Lipinski definition) is 14. The quantitative estimate of drug-likeness (QED) is 0.0702. The average molecular weight is 917 g/mol. The van der Waals surface area contributed by atoms with E-state index in [1.54, 1.807) is 0 Å². The number of esters is 1. The van der Waals surface area contributed by atoms with Crippen LogP contribution in [0.25, 0.3) is 12.2 Å². The fourth-order valence-corrected chi connectivity index (χ4v) is 12.5. The molecule has 0 unspecified atom stereocenters. The maximum atomic E-state index is 13.7. The van der Waals surface area contributed by atoms with Crippen molar-refractivity contribution in [3.8, 4) is 0 Å². The second-order valence-corrected chi connectivity index (χ2v) is 21.6. The number of aromatic nitrogens is 2. The first kappa shape index (κ1) is 47.8. The van der Waals surface area contributed by atoms with Crippen molar-refractivity contribution in [2.45, 2.75) is 80.0 Å². The third-order valence-electron chi connectivity index (χ3n) is 11.8. The van der Waals surface area contributed by atoms with Crippen LogP contribution in [0.2, 0.25) is 0 Å². The molecule has 2 aromatic heterocycles. The Morgan fingerprint density at radius 2 is 1.03 bits per heavy atom. The summed E-state index contributed by atoms with van der Waals surface area (Å²) in [5.41, 5.74) is 2.67. The van der Waals surface area contributed by atoms with Gasteiger partial charge in [0, 0.05) is 23.5 Å². The minimum atomic E-state index is -4.01. The number of β-lactam (4-membered cyclic amide) rings is 2. The molecule has 326 valence electrons. The van der Waals surface area contributed by atoms with Gasteiger partial charge in [-0.15, -0.1) is 0 Å². The first-order valence-corrected chi connectivity index (χ1v) is 22.6. The van der Waals surface area contributed by atoms with Crippen LogP contribution in [0, 0.1) is 0 Å². The largest absolute Gasteiger partial charge is 1.00 e. The Morgan fingerprint density at radius 3 is 1.41 bits per heavy atom. The molecule has 16 nitrogen and oxygen atoms in total. The summed E-state index contributed by atoms with van der Waals surface area (Å²) in [5.74, 6) is -4.07. The van der Waals surface area contributed by atoms with E-state index in [1.165, 1.54) is 90.4 Å². The number of Topliss-reactive ketones (excluding diaryl/α,β-unsaturated/α-hetero) is 2. The molecule has 0 aliphatic carbocycles. The molecule has 6 heterocycles. The van der Waals surface area contributed by atoms with Crippen LogP contribution in [0.4, 0.5) is 0 Å². The molecule has 4 fully saturated rings. The summed E-state index contributed by atoms with van der Waals surface area (Å²) in [6.45, 7) is 8.18. The van der Waals surface area contributed by atoms with E-state index in [1.807, 2.05) is 60.7 Å². The summed E-state index contributed by atoms with van der Waals surface area (Å²) >= 11 is 0. The summed E-state index contributed by atoms with van der Waals surface area (Å²) in [4.78, 5) is 83.9. The van der Waals surface area contributed by atoms with Gasteiger partial charge in [-0.2, -0.15) is 0 Å². The van der Waals surface area contributed by atoms with E-state index in [0.29, 0.717) is 22.3 Å². The van der Waals surface area contributed by atoms with Gasteiger partial charge in [-0.1, -0.05) is 60.7 Å². The fourth-order valence-electron chi connectivity index (χ4n) is 8.22. The van der Waals surface area contributed by atoms with Crippen LogP contribution in [0.5, 0.6) is 0 Å². The minimum Gasteiger partial charge on any atom is -0.548 e. The summed E-state index contributed by atoms with van der Waals surface area (Å²) in [6, 6.07) is 21.4. The third kappa shape index (κ3) is 7.84. The predicted octanol–water partition coefficient (Wildman–Crippen LogP) is -0.0903. The molecule has 64 heavy (non-hydrogen) atoms. The fraction of sp³-hybridized carbons (Fsp3) is 0.289. The van der Waals surface area contributed by atoms with Crippen molar-refractivity contribution in [2.75, 3.05) is 0 Å². The van der Waals surface area contributed by atoms with Gasteiger partial charge in [0.1, 0.15) is 4.75 Å². The van der Waals surface area contributed by atoms with Crippen LogP contribution in [0.1, 0.15) is 90.9 Å². The molecule has 2 amide bonds. The molecule has 4 atom stereocenters. The zero-order valence-corrected chi connectivity index (χ0v) is 39.4. The molecule has 4 saturated heterocycles. The number of carboxylic acids is 1. The first-order chi connectivity index (χ1) is 29.5. The van der Waals surface area contributed by atoms with Crippen molar-refractivity contribution in [3.63, 3.8) is 0 Å². The van der Waals surface area contributed by atoms with Crippen molar-refractivity contribution < 1.29 is 85.0 Å². The van der Waals surface area contributed by atoms with E-state index in [9.17, 15) is 50.7 Å². The first-order valence-electron chi connectivity index (χ1n) is 19.5. The Kier molecular flexibility index (Phi) is 13.0. The molecular formula is C45H41N4NaO12S2. The van der Waals surface area contributed by atoms with Gasteiger partial charge in [0.05, 0.1) is 39.3 Å². The molecule has 2 aromatic carbocycles. The maximum absolute atomic E-state index is 13.7. The molecule has 0 saturated carbocycles. The Morgan fingerprint density at radius 1 is 0.656 bits per heavy atom. The van der Waals surface area contributed by atoms with Gasteiger partial charge in [0.25, 0.3) is 11.8 Å². The Bertz CT molecular complexity index is 2860. The topological polar surface area (TPSA) is 235 Å².